The summed E-state index contributed by atoms with van der Waals surface area (Å²) in [7, 11) is 2.03. The fourth-order valence-corrected chi connectivity index (χ4v) is 2.21. The predicted molar refractivity (Wildman–Crippen MR) is 78.8 cm³/mol. The molecule has 2 nitrogen and oxygen atoms in total. The van der Waals surface area contributed by atoms with Crippen molar-refractivity contribution in [3.63, 3.8) is 0 Å². The van der Waals surface area contributed by atoms with Gasteiger partial charge < -0.3 is 5.32 Å². The highest BCUT2D eigenvalue weighted by Crippen LogP contribution is 2.10. The molecular formula is C16H28N2. The first-order chi connectivity index (χ1) is 8.93. The van der Waals surface area contributed by atoms with Gasteiger partial charge in [-0.3, -0.25) is 4.98 Å². The van der Waals surface area contributed by atoms with Crippen molar-refractivity contribution in [1.82, 2.24) is 10.3 Å². The Morgan fingerprint density at radius 1 is 0.889 bits per heavy atom. The highest BCUT2D eigenvalue weighted by atomic mass is 14.8. The Balaban J connectivity index is 1.82. The maximum Gasteiger partial charge on any atom is 0.0403 e. The lowest BCUT2D eigenvalue weighted by molar-refractivity contribution is 0.560. The fourth-order valence-electron chi connectivity index (χ4n) is 2.21. The highest BCUT2D eigenvalue weighted by molar-refractivity contribution is 5.03. The average molecular weight is 248 g/mol. The summed E-state index contributed by atoms with van der Waals surface area (Å²) in [4.78, 5) is 4.35. The minimum atomic E-state index is 1.14. The second-order valence-corrected chi connectivity index (χ2v) is 5.00. The molecular weight excluding hydrogens is 220 g/mol. The minimum Gasteiger partial charge on any atom is -0.320 e. The molecule has 1 rings (SSSR count). The molecule has 1 heterocycles. The van der Waals surface area contributed by atoms with Crippen LogP contribution in [0.15, 0.2) is 24.4 Å². The number of nitrogens with zero attached hydrogens (tertiary/aromatic N) is 1. The summed E-state index contributed by atoms with van der Waals surface area (Å²) in [5.74, 6) is 0. The third kappa shape index (κ3) is 8.24. The van der Waals surface area contributed by atoms with E-state index >= 15 is 0 Å². The molecule has 1 aromatic heterocycles. The molecule has 1 aromatic rings. The second kappa shape index (κ2) is 11.2. The topological polar surface area (TPSA) is 24.9 Å². The number of hydrogen-bond acceptors (Lipinski definition) is 2. The largest absolute Gasteiger partial charge is 0.320 e. The number of unbranched alkanes of at least 4 members (excludes halogenated alkanes) is 7. The molecule has 0 atom stereocenters. The van der Waals surface area contributed by atoms with Gasteiger partial charge in [0.25, 0.3) is 0 Å². The van der Waals surface area contributed by atoms with Gasteiger partial charge >= 0.3 is 0 Å². The van der Waals surface area contributed by atoms with Crippen LogP contribution in [0.4, 0.5) is 0 Å². The molecule has 0 fully saturated rings. The van der Waals surface area contributed by atoms with Crippen LogP contribution in [0.5, 0.6) is 0 Å². The number of aryl methyl sites for hydroxylation is 1. The summed E-state index contributed by atoms with van der Waals surface area (Å²) < 4.78 is 0. The van der Waals surface area contributed by atoms with Gasteiger partial charge in [-0.15, -0.1) is 0 Å². The zero-order chi connectivity index (χ0) is 12.9. The summed E-state index contributed by atoms with van der Waals surface area (Å²) in [6, 6.07) is 6.19. The van der Waals surface area contributed by atoms with Crippen molar-refractivity contribution in [3.05, 3.63) is 30.1 Å². The van der Waals surface area contributed by atoms with Crippen molar-refractivity contribution >= 4 is 0 Å². The van der Waals surface area contributed by atoms with Gasteiger partial charge in [-0.05, 0) is 45.0 Å². The molecule has 0 aliphatic carbocycles. The van der Waals surface area contributed by atoms with E-state index in [4.69, 9.17) is 0 Å². The maximum atomic E-state index is 4.35. The lowest BCUT2D eigenvalue weighted by Crippen LogP contribution is -2.06. The normalized spacial score (nSPS) is 10.7. The molecule has 18 heavy (non-hydrogen) atoms. The molecule has 1 N–H and O–H groups in total. The molecule has 0 bridgehead atoms. The molecule has 0 radical (unpaired) electrons. The van der Waals surface area contributed by atoms with E-state index in [-0.39, 0.29) is 0 Å². The first-order valence-electron chi connectivity index (χ1n) is 7.48. The van der Waals surface area contributed by atoms with E-state index in [1.807, 2.05) is 19.3 Å². The van der Waals surface area contributed by atoms with Gasteiger partial charge in [-0.25, -0.2) is 0 Å². The van der Waals surface area contributed by atoms with E-state index < -0.39 is 0 Å². The van der Waals surface area contributed by atoms with E-state index in [0.29, 0.717) is 0 Å². The Labute approximate surface area is 112 Å². The number of hydrogen-bond donors (Lipinski definition) is 1. The molecule has 0 amide bonds. The summed E-state index contributed by atoms with van der Waals surface area (Å²) in [6.45, 7) is 1.17. The van der Waals surface area contributed by atoms with Crippen molar-refractivity contribution in [2.45, 2.75) is 57.8 Å². The van der Waals surface area contributed by atoms with Crippen LogP contribution in [-0.4, -0.2) is 18.6 Å². The predicted octanol–water partition coefficient (Wildman–Crippen LogP) is 3.96. The molecule has 0 aliphatic rings. The zero-order valence-corrected chi connectivity index (χ0v) is 11.8. The summed E-state index contributed by atoms with van der Waals surface area (Å²) in [5.41, 5.74) is 1.24. The van der Waals surface area contributed by atoms with Gasteiger partial charge in [-0.2, -0.15) is 0 Å². The SMILES string of the molecule is CNCCCCCCCCCCc1ccccn1. The van der Waals surface area contributed by atoms with Crippen LogP contribution in [0.25, 0.3) is 0 Å². The molecule has 0 saturated heterocycles. The average Bonchev–Trinajstić information content (AvgIpc) is 2.42. The molecule has 0 aromatic carbocycles. The monoisotopic (exact) mass is 248 g/mol. The summed E-state index contributed by atoms with van der Waals surface area (Å²) in [6.07, 6.45) is 14.0. The standard InChI is InChI=1S/C16H28N2/c1-17-14-10-7-5-3-2-4-6-8-12-16-13-9-11-15-18-16/h9,11,13,15,17H,2-8,10,12,14H2,1H3. The minimum absolute atomic E-state index is 1.14. The number of pyridine rings is 1. The van der Waals surface area contributed by atoms with Crippen molar-refractivity contribution < 1.29 is 0 Å². The smallest absolute Gasteiger partial charge is 0.0403 e. The molecule has 0 aliphatic heterocycles. The quantitative estimate of drug-likeness (QED) is 0.599. The van der Waals surface area contributed by atoms with Crippen molar-refractivity contribution in [2.75, 3.05) is 13.6 Å². The highest BCUT2D eigenvalue weighted by Gasteiger charge is 1.94. The molecule has 0 unspecified atom stereocenters. The van der Waals surface area contributed by atoms with E-state index in [1.54, 1.807) is 0 Å². The summed E-state index contributed by atoms with van der Waals surface area (Å²) in [5, 5.41) is 3.20. The third-order valence-corrected chi connectivity index (χ3v) is 3.34. The molecule has 0 spiro atoms. The Kier molecular flexibility index (Phi) is 9.45. The van der Waals surface area contributed by atoms with E-state index in [0.717, 1.165) is 6.42 Å². The van der Waals surface area contributed by atoms with Crippen LogP contribution in [0.2, 0.25) is 0 Å². The second-order valence-electron chi connectivity index (χ2n) is 5.00. The Hall–Kier alpha value is -0.890. The first kappa shape index (κ1) is 15.2. The van der Waals surface area contributed by atoms with Crippen LogP contribution in [0.3, 0.4) is 0 Å². The van der Waals surface area contributed by atoms with E-state index in [2.05, 4.69) is 22.4 Å². The van der Waals surface area contributed by atoms with Gasteiger partial charge in [0, 0.05) is 11.9 Å². The van der Waals surface area contributed by atoms with Gasteiger partial charge in [0.2, 0.25) is 0 Å². The number of aromatic nitrogens is 1. The number of nitrogens with one attached hydrogen (secondary N) is 1. The van der Waals surface area contributed by atoms with Gasteiger partial charge in [-0.1, -0.05) is 44.6 Å². The van der Waals surface area contributed by atoms with E-state index in [1.165, 1.54) is 63.6 Å². The van der Waals surface area contributed by atoms with Crippen LogP contribution >= 0.6 is 0 Å². The first-order valence-corrected chi connectivity index (χ1v) is 7.48. The van der Waals surface area contributed by atoms with Gasteiger partial charge in [0.1, 0.15) is 0 Å². The lowest BCUT2D eigenvalue weighted by Gasteiger charge is -2.02. The number of rotatable bonds is 11. The third-order valence-electron chi connectivity index (χ3n) is 3.34. The van der Waals surface area contributed by atoms with Crippen LogP contribution in [0, 0.1) is 0 Å². The maximum absolute atomic E-state index is 4.35. The van der Waals surface area contributed by atoms with E-state index in [9.17, 15) is 0 Å². The Morgan fingerprint density at radius 3 is 2.17 bits per heavy atom. The van der Waals surface area contributed by atoms with Crippen molar-refractivity contribution in [3.8, 4) is 0 Å². The van der Waals surface area contributed by atoms with Crippen LogP contribution < -0.4 is 5.32 Å². The zero-order valence-electron chi connectivity index (χ0n) is 11.8. The summed E-state index contributed by atoms with van der Waals surface area (Å²) >= 11 is 0. The van der Waals surface area contributed by atoms with Gasteiger partial charge in [0.05, 0.1) is 0 Å². The van der Waals surface area contributed by atoms with Crippen molar-refractivity contribution in [2.24, 2.45) is 0 Å². The van der Waals surface area contributed by atoms with Crippen LogP contribution in [0.1, 0.15) is 57.1 Å². The molecule has 2 heteroatoms. The molecule has 102 valence electrons. The Bertz CT molecular complexity index is 272. The fraction of sp³-hybridized carbons (Fsp3) is 0.688. The lowest BCUT2D eigenvalue weighted by atomic mass is 10.1. The van der Waals surface area contributed by atoms with Gasteiger partial charge in [0.15, 0.2) is 0 Å². The van der Waals surface area contributed by atoms with Crippen LogP contribution in [-0.2, 0) is 6.42 Å². The molecule has 0 saturated carbocycles. The Morgan fingerprint density at radius 2 is 1.56 bits per heavy atom. The van der Waals surface area contributed by atoms with Crippen molar-refractivity contribution in [1.29, 1.82) is 0 Å².